The lowest BCUT2D eigenvalue weighted by Crippen LogP contribution is -1.96. The van der Waals surface area contributed by atoms with Crippen molar-refractivity contribution >= 4 is 33.3 Å². The summed E-state index contributed by atoms with van der Waals surface area (Å²) in [6.45, 7) is 2.85. The van der Waals surface area contributed by atoms with Crippen molar-refractivity contribution in [1.82, 2.24) is 9.55 Å². The summed E-state index contributed by atoms with van der Waals surface area (Å²) in [7, 11) is 0. The molecule has 2 aromatic heterocycles. The highest BCUT2D eigenvalue weighted by molar-refractivity contribution is 8.01. The molecule has 0 radical (unpaired) electrons. The lowest BCUT2D eigenvalue weighted by atomic mass is 10.1. The van der Waals surface area contributed by atoms with E-state index in [4.69, 9.17) is 0 Å². The minimum atomic E-state index is 0.120. The summed E-state index contributed by atoms with van der Waals surface area (Å²) in [4.78, 5) is 5.23. The zero-order chi connectivity index (χ0) is 17.6. The molecule has 134 valence electrons. The standard InChI is InChI=1S/C19H24N2O2S2/c1-2-3-4-5-6-9-12-21-17(22)13-16(18(21)23)25-19-20-14-10-7-8-11-15(14)24-19/h7-8,10-11,13,22-23H,2-6,9,12H2,1H3. The Labute approximate surface area is 156 Å². The summed E-state index contributed by atoms with van der Waals surface area (Å²) in [6.07, 6.45) is 7.08. The Morgan fingerprint density at radius 3 is 2.64 bits per heavy atom. The number of fused-ring (bicyclic) bond motifs is 1. The Morgan fingerprint density at radius 2 is 1.84 bits per heavy atom. The monoisotopic (exact) mass is 376 g/mol. The molecule has 0 unspecified atom stereocenters. The summed E-state index contributed by atoms with van der Waals surface area (Å²) < 4.78 is 3.59. The van der Waals surface area contributed by atoms with Gasteiger partial charge in [0.05, 0.1) is 15.1 Å². The minimum absolute atomic E-state index is 0.120. The van der Waals surface area contributed by atoms with E-state index < -0.39 is 0 Å². The van der Waals surface area contributed by atoms with Gasteiger partial charge in [-0.1, -0.05) is 62.9 Å². The van der Waals surface area contributed by atoms with E-state index >= 15 is 0 Å². The van der Waals surface area contributed by atoms with Crippen LogP contribution in [0, 0.1) is 0 Å². The van der Waals surface area contributed by atoms with E-state index in [9.17, 15) is 10.2 Å². The highest BCUT2D eigenvalue weighted by atomic mass is 32.2. The molecule has 0 fully saturated rings. The van der Waals surface area contributed by atoms with Crippen LogP contribution in [0.2, 0.25) is 0 Å². The molecule has 0 atom stereocenters. The molecule has 0 saturated carbocycles. The molecule has 0 saturated heterocycles. The third kappa shape index (κ3) is 4.50. The van der Waals surface area contributed by atoms with Crippen LogP contribution in [0.1, 0.15) is 45.4 Å². The largest absolute Gasteiger partial charge is 0.494 e. The maximum atomic E-state index is 10.4. The summed E-state index contributed by atoms with van der Waals surface area (Å²) in [5.41, 5.74) is 0.963. The second kappa shape index (κ2) is 8.63. The van der Waals surface area contributed by atoms with Crippen molar-refractivity contribution in [2.24, 2.45) is 0 Å². The molecule has 1 aromatic carbocycles. The van der Waals surface area contributed by atoms with Crippen LogP contribution in [0.4, 0.5) is 0 Å². The molecular formula is C19H24N2O2S2. The molecule has 0 aliphatic carbocycles. The minimum Gasteiger partial charge on any atom is -0.494 e. The maximum absolute atomic E-state index is 10.4. The van der Waals surface area contributed by atoms with Gasteiger partial charge in [-0.05, 0) is 18.6 Å². The quantitative estimate of drug-likeness (QED) is 0.448. The average Bonchev–Trinajstić information content (AvgIpc) is 3.13. The number of thiazole rings is 1. The molecule has 3 aromatic rings. The number of hydrogen-bond donors (Lipinski definition) is 2. The first-order valence-electron chi connectivity index (χ1n) is 8.84. The molecule has 0 bridgehead atoms. The van der Waals surface area contributed by atoms with E-state index in [0.717, 1.165) is 27.4 Å². The second-order valence-electron chi connectivity index (χ2n) is 6.16. The van der Waals surface area contributed by atoms with E-state index in [2.05, 4.69) is 11.9 Å². The first-order valence-corrected chi connectivity index (χ1v) is 10.5. The van der Waals surface area contributed by atoms with Crippen LogP contribution in [-0.4, -0.2) is 19.8 Å². The van der Waals surface area contributed by atoms with Crippen molar-refractivity contribution in [2.75, 3.05) is 0 Å². The van der Waals surface area contributed by atoms with Crippen molar-refractivity contribution < 1.29 is 10.2 Å². The van der Waals surface area contributed by atoms with Gasteiger partial charge in [0, 0.05) is 12.6 Å². The van der Waals surface area contributed by atoms with Crippen LogP contribution in [0.3, 0.4) is 0 Å². The Balaban J connectivity index is 1.63. The predicted molar refractivity (Wildman–Crippen MR) is 105 cm³/mol. The lowest BCUT2D eigenvalue weighted by molar-refractivity contribution is 0.357. The van der Waals surface area contributed by atoms with Gasteiger partial charge in [-0.3, -0.25) is 4.57 Å². The van der Waals surface area contributed by atoms with Gasteiger partial charge in [0.2, 0.25) is 5.88 Å². The van der Waals surface area contributed by atoms with Gasteiger partial charge in [0.15, 0.2) is 10.2 Å². The fourth-order valence-electron chi connectivity index (χ4n) is 2.84. The van der Waals surface area contributed by atoms with Crippen molar-refractivity contribution in [1.29, 1.82) is 0 Å². The van der Waals surface area contributed by atoms with Gasteiger partial charge in [-0.25, -0.2) is 4.98 Å². The Morgan fingerprint density at radius 1 is 1.08 bits per heavy atom. The zero-order valence-corrected chi connectivity index (χ0v) is 16.1. The van der Waals surface area contributed by atoms with E-state index in [1.165, 1.54) is 37.4 Å². The van der Waals surface area contributed by atoms with Crippen LogP contribution in [0.25, 0.3) is 10.2 Å². The van der Waals surface area contributed by atoms with E-state index in [-0.39, 0.29) is 11.8 Å². The highest BCUT2D eigenvalue weighted by Gasteiger charge is 2.16. The van der Waals surface area contributed by atoms with Crippen LogP contribution in [0.15, 0.2) is 39.6 Å². The summed E-state index contributed by atoms with van der Waals surface area (Å²) in [5, 5.41) is 20.6. The first-order chi connectivity index (χ1) is 12.2. The van der Waals surface area contributed by atoms with Crippen molar-refractivity contribution in [2.45, 2.75) is 61.2 Å². The highest BCUT2D eigenvalue weighted by Crippen LogP contribution is 2.41. The maximum Gasteiger partial charge on any atom is 0.208 e. The molecule has 2 heterocycles. The van der Waals surface area contributed by atoms with Crippen LogP contribution in [0.5, 0.6) is 11.8 Å². The van der Waals surface area contributed by atoms with Crippen LogP contribution < -0.4 is 0 Å². The number of nitrogens with zero attached hydrogens (tertiary/aromatic N) is 2. The predicted octanol–water partition coefficient (Wildman–Crippen LogP) is 6.02. The number of unbranched alkanes of at least 4 members (excludes halogenated alkanes) is 5. The molecule has 25 heavy (non-hydrogen) atoms. The van der Waals surface area contributed by atoms with Crippen molar-refractivity contribution in [3.8, 4) is 11.8 Å². The van der Waals surface area contributed by atoms with Crippen molar-refractivity contribution in [3.05, 3.63) is 30.3 Å². The number of aromatic hydroxyl groups is 2. The van der Waals surface area contributed by atoms with Gasteiger partial charge < -0.3 is 10.2 Å². The molecule has 0 amide bonds. The SMILES string of the molecule is CCCCCCCCn1c(O)cc(Sc2nc3ccccc3s2)c1O. The fraction of sp³-hybridized carbons (Fsp3) is 0.421. The molecular weight excluding hydrogens is 352 g/mol. The Kier molecular flexibility index (Phi) is 6.26. The summed E-state index contributed by atoms with van der Waals surface area (Å²) in [6, 6.07) is 9.62. The molecule has 0 spiro atoms. The topological polar surface area (TPSA) is 58.3 Å². The molecule has 3 rings (SSSR count). The summed E-state index contributed by atoms with van der Waals surface area (Å²) >= 11 is 3.00. The van der Waals surface area contributed by atoms with Crippen molar-refractivity contribution in [3.63, 3.8) is 0 Å². The normalized spacial score (nSPS) is 11.4. The fourth-order valence-corrected chi connectivity index (χ4v) is 4.94. The third-order valence-corrected chi connectivity index (χ3v) is 6.34. The average molecular weight is 377 g/mol. The van der Waals surface area contributed by atoms with Gasteiger partial charge in [-0.2, -0.15) is 0 Å². The second-order valence-corrected chi connectivity index (χ2v) is 8.48. The molecule has 6 heteroatoms. The first kappa shape index (κ1) is 18.1. The number of hydrogen-bond acceptors (Lipinski definition) is 5. The van der Waals surface area contributed by atoms with Crippen LogP contribution >= 0.6 is 23.1 Å². The summed E-state index contributed by atoms with van der Waals surface area (Å²) in [5.74, 6) is 0.255. The van der Waals surface area contributed by atoms with E-state index in [0.29, 0.717) is 11.4 Å². The molecule has 4 nitrogen and oxygen atoms in total. The molecule has 0 aliphatic heterocycles. The third-order valence-electron chi connectivity index (χ3n) is 4.22. The van der Waals surface area contributed by atoms with Gasteiger partial charge in [0.25, 0.3) is 0 Å². The van der Waals surface area contributed by atoms with Gasteiger partial charge in [-0.15, -0.1) is 11.3 Å². The molecule has 0 aliphatic rings. The van der Waals surface area contributed by atoms with Gasteiger partial charge >= 0.3 is 0 Å². The Bertz CT molecular complexity index is 793. The van der Waals surface area contributed by atoms with E-state index in [1.807, 2.05) is 24.3 Å². The van der Waals surface area contributed by atoms with E-state index in [1.54, 1.807) is 22.0 Å². The molecule has 2 N–H and O–H groups in total. The Hall–Kier alpha value is -1.66. The smallest absolute Gasteiger partial charge is 0.208 e. The van der Waals surface area contributed by atoms with Gasteiger partial charge in [0.1, 0.15) is 0 Å². The number of benzene rings is 1. The number of rotatable bonds is 9. The van der Waals surface area contributed by atoms with Crippen LogP contribution in [-0.2, 0) is 6.54 Å². The lowest BCUT2D eigenvalue weighted by Gasteiger charge is -2.07. The zero-order valence-electron chi connectivity index (χ0n) is 14.4. The number of para-hydroxylation sites is 1. The number of aromatic nitrogens is 2.